The Hall–Kier alpha value is -1.33. The van der Waals surface area contributed by atoms with E-state index in [-0.39, 0.29) is 18.6 Å². The van der Waals surface area contributed by atoms with E-state index in [1.807, 2.05) is 12.1 Å². The highest BCUT2D eigenvalue weighted by atomic mass is 16.3. The van der Waals surface area contributed by atoms with Gasteiger partial charge in [0.25, 0.3) is 0 Å². The Morgan fingerprint density at radius 2 is 2.47 bits per heavy atom. The van der Waals surface area contributed by atoms with Gasteiger partial charge in [-0.2, -0.15) is 0 Å². The maximum absolute atomic E-state index is 11.8. The summed E-state index contributed by atoms with van der Waals surface area (Å²) in [7, 11) is 0. The van der Waals surface area contributed by atoms with Crippen molar-refractivity contribution < 1.29 is 14.3 Å². The van der Waals surface area contributed by atoms with Crippen LogP contribution in [0.2, 0.25) is 0 Å². The third kappa shape index (κ3) is 3.08. The van der Waals surface area contributed by atoms with Gasteiger partial charge in [-0.05, 0) is 25.0 Å². The minimum absolute atomic E-state index is 0.00288. The molecule has 0 aliphatic carbocycles. The van der Waals surface area contributed by atoms with Crippen LogP contribution in [-0.4, -0.2) is 41.7 Å². The minimum Gasteiger partial charge on any atom is -0.468 e. The lowest BCUT2D eigenvalue weighted by Gasteiger charge is -2.26. The Kier molecular flexibility index (Phi) is 4.17. The van der Waals surface area contributed by atoms with Crippen LogP contribution in [-0.2, 0) is 11.3 Å². The van der Waals surface area contributed by atoms with Crippen LogP contribution < -0.4 is 5.32 Å². The van der Waals surface area contributed by atoms with Crippen LogP contribution in [0.4, 0.5) is 0 Å². The van der Waals surface area contributed by atoms with Crippen molar-refractivity contribution >= 4 is 5.91 Å². The summed E-state index contributed by atoms with van der Waals surface area (Å²) in [5.74, 6) is 0.853. The molecule has 1 fully saturated rings. The summed E-state index contributed by atoms with van der Waals surface area (Å²) in [6, 6.07) is 3.49. The van der Waals surface area contributed by atoms with E-state index in [9.17, 15) is 4.79 Å². The maximum atomic E-state index is 11.8. The van der Waals surface area contributed by atoms with Crippen LogP contribution >= 0.6 is 0 Å². The SMILES string of the molecule is O=C1NCCCN(Cc2ccco2)C1CCO. The van der Waals surface area contributed by atoms with Crippen LogP contribution in [0, 0.1) is 0 Å². The molecule has 1 atom stereocenters. The van der Waals surface area contributed by atoms with Crippen LogP contribution in [0.3, 0.4) is 0 Å². The molecule has 1 amide bonds. The van der Waals surface area contributed by atoms with Gasteiger partial charge in [0.2, 0.25) is 5.91 Å². The first-order chi connectivity index (χ1) is 8.31. The van der Waals surface area contributed by atoms with Crippen LogP contribution in [0.5, 0.6) is 0 Å². The third-order valence-corrected chi connectivity index (χ3v) is 3.01. The Balaban J connectivity index is 2.06. The fourth-order valence-corrected chi connectivity index (χ4v) is 2.16. The molecule has 1 aliphatic rings. The second-order valence-electron chi connectivity index (χ2n) is 4.22. The van der Waals surface area contributed by atoms with Crippen molar-refractivity contribution in [2.75, 3.05) is 19.7 Å². The molecular weight excluding hydrogens is 220 g/mol. The first-order valence-corrected chi connectivity index (χ1v) is 5.96. The number of aliphatic hydroxyl groups is 1. The Bertz CT molecular complexity index is 351. The zero-order chi connectivity index (χ0) is 12.1. The molecule has 0 bridgehead atoms. The molecule has 1 saturated heterocycles. The molecule has 94 valence electrons. The fourth-order valence-electron chi connectivity index (χ4n) is 2.16. The quantitative estimate of drug-likeness (QED) is 0.794. The molecule has 0 saturated carbocycles. The second-order valence-corrected chi connectivity index (χ2v) is 4.22. The Morgan fingerprint density at radius 3 is 3.18 bits per heavy atom. The van der Waals surface area contributed by atoms with Gasteiger partial charge in [0.05, 0.1) is 18.8 Å². The first-order valence-electron chi connectivity index (χ1n) is 5.96. The van der Waals surface area contributed by atoms with E-state index in [0.29, 0.717) is 19.5 Å². The molecule has 2 heterocycles. The lowest BCUT2D eigenvalue weighted by Crippen LogP contribution is -2.44. The number of hydrogen-bond acceptors (Lipinski definition) is 4. The number of carbonyl (C=O) groups excluding carboxylic acids is 1. The van der Waals surface area contributed by atoms with Gasteiger partial charge >= 0.3 is 0 Å². The summed E-state index contributed by atoms with van der Waals surface area (Å²) < 4.78 is 5.30. The van der Waals surface area contributed by atoms with Gasteiger partial charge in [0.1, 0.15) is 5.76 Å². The topological polar surface area (TPSA) is 65.7 Å². The molecule has 1 aromatic rings. The number of aliphatic hydroxyl groups excluding tert-OH is 1. The third-order valence-electron chi connectivity index (χ3n) is 3.01. The van der Waals surface area contributed by atoms with Crippen LogP contribution in [0.25, 0.3) is 0 Å². The predicted molar refractivity (Wildman–Crippen MR) is 62.2 cm³/mol. The van der Waals surface area contributed by atoms with E-state index in [1.54, 1.807) is 6.26 Å². The molecule has 1 aromatic heterocycles. The number of furan rings is 1. The van der Waals surface area contributed by atoms with Gasteiger partial charge in [0, 0.05) is 19.7 Å². The zero-order valence-electron chi connectivity index (χ0n) is 9.76. The zero-order valence-corrected chi connectivity index (χ0v) is 9.76. The molecule has 5 nitrogen and oxygen atoms in total. The largest absolute Gasteiger partial charge is 0.468 e. The summed E-state index contributed by atoms with van der Waals surface area (Å²) in [6.45, 7) is 2.18. The van der Waals surface area contributed by atoms with Crippen molar-refractivity contribution in [3.05, 3.63) is 24.2 Å². The predicted octanol–water partition coefficient (Wildman–Crippen LogP) is 0.352. The van der Waals surface area contributed by atoms with Crippen molar-refractivity contribution in [1.82, 2.24) is 10.2 Å². The van der Waals surface area contributed by atoms with Crippen molar-refractivity contribution in [1.29, 1.82) is 0 Å². The molecule has 0 radical (unpaired) electrons. The van der Waals surface area contributed by atoms with Crippen molar-refractivity contribution in [2.24, 2.45) is 0 Å². The van der Waals surface area contributed by atoms with Gasteiger partial charge in [-0.3, -0.25) is 9.69 Å². The monoisotopic (exact) mass is 238 g/mol. The van der Waals surface area contributed by atoms with Gasteiger partial charge in [0.15, 0.2) is 0 Å². The van der Waals surface area contributed by atoms with E-state index in [2.05, 4.69) is 10.2 Å². The molecule has 2 N–H and O–H groups in total. The highest BCUT2D eigenvalue weighted by Gasteiger charge is 2.27. The number of hydrogen-bond donors (Lipinski definition) is 2. The number of carbonyl (C=O) groups is 1. The summed E-state index contributed by atoms with van der Waals surface area (Å²) in [5.41, 5.74) is 0. The van der Waals surface area contributed by atoms with E-state index in [4.69, 9.17) is 9.52 Å². The maximum Gasteiger partial charge on any atom is 0.237 e. The Morgan fingerprint density at radius 1 is 1.59 bits per heavy atom. The lowest BCUT2D eigenvalue weighted by atomic mass is 10.1. The average molecular weight is 238 g/mol. The van der Waals surface area contributed by atoms with E-state index in [1.165, 1.54) is 0 Å². The van der Waals surface area contributed by atoms with Crippen molar-refractivity contribution in [3.63, 3.8) is 0 Å². The summed E-state index contributed by atoms with van der Waals surface area (Å²) in [6.07, 6.45) is 3.02. The molecule has 5 heteroatoms. The van der Waals surface area contributed by atoms with Crippen LogP contribution in [0.15, 0.2) is 22.8 Å². The average Bonchev–Trinajstić information content (AvgIpc) is 2.76. The van der Waals surface area contributed by atoms with Gasteiger partial charge < -0.3 is 14.8 Å². The summed E-state index contributed by atoms with van der Waals surface area (Å²) in [4.78, 5) is 13.9. The Labute approximate surface area is 100 Å². The highest BCUT2D eigenvalue weighted by molar-refractivity contribution is 5.81. The number of amides is 1. The summed E-state index contributed by atoms with van der Waals surface area (Å²) >= 11 is 0. The molecule has 0 aromatic carbocycles. The lowest BCUT2D eigenvalue weighted by molar-refractivity contribution is -0.126. The number of nitrogens with zero attached hydrogens (tertiary/aromatic N) is 1. The number of rotatable bonds is 4. The fraction of sp³-hybridized carbons (Fsp3) is 0.583. The standard InChI is InChI=1S/C12H18N2O3/c15-7-4-11-12(16)13-5-2-6-14(11)9-10-3-1-8-17-10/h1,3,8,11,15H,2,4-7,9H2,(H,13,16). The van der Waals surface area contributed by atoms with Crippen LogP contribution in [0.1, 0.15) is 18.6 Å². The van der Waals surface area contributed by atoms with E-state index >= 15 is 0 Å². The molecule has 17 heavy (non-hydrogen) atoms. The highest BCUT2D eigenvalue weighted by Crippen LogP contribution is 2.14. The van der Waals surface area contributed by atoms with Gasteiger partial charge in [-0.15, -0.1) is 0 Å². The summed E-state index contributed by atoms with van der Waals surface area (Å²) in [5, 5.41) is 11.9. The molecule has 1 unspecified atom stereocenters. The smallest absolute Gasteiger partial charge is 0.237 e. The minimum atomic E-state index is -0.257. The van der Waals surface area contributed by atoms with Gasteiger partial charge in [-0.25, -0.2) is 0 Å². The van der Waals surface area contributed by atoms with E-state index in [0.717, 1.165) is 18.7 Å². The molecular formula is C12H18N2O3. The van der Waals surface area contributed by atoms with Gasteiger partial charge in [-0.1, -0.05) is 0 Å². The van der Waals surface area contributed by atoms with Crippen molar-refractivity contribution in [2.45, 2.75) is 25.4 Å². The van der Waals surface area contributed by atoms with Crippen molar-refractivity contribution in [3.8, 4) is 0 Å². The second kappa shape index (κ2) is 5.84. The molecule has 1 aliphatic heterocycles. The van der Waals surface area contributed by atoms with E-state index < -0.39 is 0 Å². The normalized spacial score (nSPS) is 22.2. The number of nitrogens with one attached hydrogen (secondary N) is 1. The molecule has 0 spiro atoms. The first kappa shape index (κ1) is 12.1. The molecule has 2 rings (SSSR count).